The van der Waals surface area contributed by atoms with E-state index in [2.05, 4.69) is 15.9 Å². The number of benzene rings is 2. The fourth-order valence-electron chi connectivity index (χ4n) is 2.42. The lowest BCUT2D eigenvalue weighted by atomic mass is 10.2. The zero-order valence-electron chi connectivity index (χ0n) is 14.6. The zero-order chi connectivity index (χ0) is 19.3. The Labute approximate surface area is 164 Å². The van der Waals surface area contributed by atoms with E-state index in [4.69, 9.17) is 4.74 Å². The molecular formula is C18H19BrN2O4S. The zero-order valence-corrected chi connectivity index (χ0v) is 17.0. The van der Waals surface area contributed by atoms with E-state index >= 15 is 0 Å². The molecular weight excluding hydrogens is 420 g/mol. The number of nitro benzene ring substituents is 1. The number of amides is 1. The first-order valence-corrected chi connectivity index (χ1v) is 9.47. The Morgan fingerprint density at radius 3 is 2.54 bits per heavy atom. The lowest BCUT2D eigenvalue weighted by Crippen LogP contribution is -2.32. The number of thioether (sulfide) groups is 1. The van der Waals surface area contributed by atoms with Crippen molar-refractivity contribution in [1.82, 2.24) is 4.90 Å². The third-order valence-electron chi connectivity index (χ3n) is 3.73. The van der Waals surface area contributed by atoms with Crippen molar-refractivity contribution in [3.63, 3.8) is 0 Å². The summed E-state index contributed by atoms with van der Waals surface area (Å²) in [5.41, 5.74) is 0.942. The predicted octanol–water partition coefficient (Wildman–Crippen LogP) is 4.51. The molecule has 2 aromatic rings. The summed E-state index contributed by atoms with van der Waals surface area (Å²) in [7, 11) is 3.34. The third-order valence-corrected chi connectivity index (χ3v) is 5.33. The Morgan fingerprint density at radius 1 is 1.31 bits per heavy atom. The summed E-state index contributed by atoms with van der Waals surface area (Å²) in [6.07, 6.45) is 0. The quantitative estimate of drug-likeness (QED) is 0.361. The molecule has 1 unspecified atom stereocenters. The van der Waals surface area contributed by atoms with Gasteiger partial charge in [0.25, 0.3) is 5.69 Å². The second-order valence-corrected chi connectivity index (χ2v) is 7.99. The minimum atomic E-state index is -0.442. The first-order chi connectivity index (χ1) is 12.3. The van der Waals surface area contributed by atoms with Gasteiger partial charge >= 0.3 is 0 Å². The SMILES string of the molecule is COc1ccc(Br)cc1CN(C)C(=O)C(C)Sc1ccc([N+](=O)[O-])cc1. The van der Waals surface area contributed by atoms with Crippen LogP contribution in [0.15, 0.2) is 51.8 Å². The highest BCUT2D eigenvalue weighted by molar-refractivity contribution is 9.10. The highest BCUT2D eigenvalue weighted by atomic mass is 79.9. The van der Waals surface area contributed by atoms with Crippen molar-refractivity contribution < 1.29 is 14.5 Å². The van der Waals surface area contributed by atoms with Gasteiger partial charge in [-0.1, -0.05) is 15.9 Å². The van der Waals surface area contributed by atoms with Crippen LogP contribution in [0.2, 0.25) is 0 Å². The molecule has 0 aliphatic heterocycles. The second kappa shape index (κ2) is 9.05. The molecule has 2 rings (SSSR count). The van der Waals surface area contributed by atoms with E-state index in [0.717, 1.165) is 20.7 Å². The van der Waals surface area contributed by atoms with Crippen LogP contribution in [0.25, 0.3) is 0 Å². The fourth-order valence-corrected chi connectivity index (χ4v) is 3.81. The molecule has 2 aromatic carbocycles. The summed E-state index contributed by atoms with van der Waals surface area (Å²) in [4.78, 5) is 25.4. The van der Waals surface area contributed by atoms with Crippen LogP contribution in [0, 0.1) is 10.1 Å². The van der Waals surface area contributed by atoms with Crippen LogP contribution in [0.4, 0.5) is 5.69 Å². The highest BCUT2D eigenvalue weighted by Crippen LogP contribution is 2.28. The van der Waals surface area contributed by atoms with Crippen molar-refractivity contribution in [2.75, 3.05) is 14.2 Å². The Balaban J connectivity index is 2.03. The summed E-state index contributed by atoms with van der Waals surface area (Å²) in [5.74, 6) is 0.693. The van der Waals surface area contributed by atoms with Gasteiger partial charge < -0.3 is 9.64 Å². The maximum absolute atomic E-state index is 12.7. The summed E-state index contributed by atoms with van der Waals surface area (Å²) < 4.78 is 6.27. The number of hydrogen-bond acceptors (Lipinski definition) is 5. The first kappa shape index (κ1) is 20.3. The molecule has 0 N–H and O–H groups in total. The van der Waals surface area contributed by atoms with E-state index in [-0.39, 0.29) is 16.8 Å². The van der Waals surface area contributed by atoms with Crippen LogP contribution in [-0.2, 0) is 11.3 Å². The number of ether oxygens (including phenoxy) is 1. The lowest BCUT2D eigenvalue weighted by Gasteiger charge is -2.22. The highest BCUT2D eigenvalue weighted by Gasteiger charge is 2.20. The van der Waals surface area contributed by atoms with Crippen molar-refractivity contribution >= 4 is 39.3 Å². The molecule has 1 amide bonds. The lowest BCUT2D eigenvalue weighted by molar-refractivity contribution is -0.384. The van der Waals surface area contributed by atoms with Crippen molar-refractivity contribution in [1.29, 1.82) is 0 Å². The van der Waals surface area contributed by atoms with E-state index in [1.807, 2.05) is 25.1 Å². The van der Waals surface area contributed by atoms with Crippen molar-refractivity contribution in [2.45, 2.75) is 23.6 Å². The normalized spacial score (nSPS) is 11.7. The van der Waals surface area contributed by atoms with Gasteiger partial charge in [-0.3, -0.25) is 14.9 Å². The number of carbonyl (C=O) groups is 1. The Kier molecular flexibility index (Phi) is 7.05. The third kappa shape index (κ3) is 5.22. The van der Waals surface area contributed by atoms with Crippen molar-refractivity contribution in [2.24, 2.45) is 0 Å². The molecule has 0 spiro atoms. The largest absolute Gasteiger partial charge is 0.496 e. The van der Waals surface area contributed by atoms with E-state index in [9.17, 15) is 14.9 Å². The summed E-state index contributed by atoms with van der Waals surface area (Å²) in [6.45, 7) is 2.25. The summed E-state index contributed by atoms with van der Waals surface area (Å²) in [6, 6.07) is 11.9. The van der Waals surface area contributed by atoms with Gasteiger partial charge in [-0.25, -0.2) is 0 Å². The molecule has 8 heteroatoms. The molecule has 0 aliphatic rings. The van der Waals surface area contributed by atoms with Crippen LogP contribution in [0.5, 0.6) is 5.75 Å². The van der Waals surface area contributed by atoms with Gasteiger partial charge in [0, 0.05) is 40.7 Å². The summed E-state index contributed by atoms with van der Waals surface area (Å²) >= 11 is 4.80. The molecule has 0 bridgehead atoms. The molecule has 0 radical (unpaired) electrons. The average molecular weight is 439 g/mol. The Bertz CT molecular complexity index is 798. The maximum atomic E-state index is 12.7. The van der Waals surface area contributed by atoms with Gasteiger partial charge in [0.05, 0.1) is 17.3 Å². The second-order valence-electron chi connectivity index (χ2n) is 5.66. The van der Waals surface area contributed by atoms with Crippen LogP contribution >= 0.6 is 27.7 Å². The Morgan fingerprint density at radius 2 is 1.96 bits per heavy atom. The number of halogens is 1. The molecule has 1 atom stereocenters. The first-order valence-electron chi connectivity index (χ1n) is 7.80. The van der Waals surface area contributed by atoms with Gasteiger partial charge in [0.2, 0.25) is 5.91 Å². The van der Waals surface area contributed by atoms with Crippen molar-refractivity contribution in [3.05, 3.63) is 62.6 Å². The topological polar surface area (TPSA) is 72.7 Å². The van der Waals surface area contributed by atoms with Gasteiger partial charge in [-0.05, 0) is 37.3 Å². The summed E-state index contributed by atoms with van der Waals surface area (Å²) in [5, 5.41) is 10.4. The van der Waals surface area contributed by atoms with Crippen LogP contribution in [-0.4, -0.2) is 35.1 Å². The molecule has 0 aliphatic carbocycles. The van der Waals surface area contributed by atoms with E-state index in [1.54, 1.807) is 31.2 Å². The predicted molar refractivity (Wildman–Crippen MR) is 106 cm³/mol. The molecule has 26 heavy (non-hydrogen) atoms. The fraction of sp³-hybridized carbons (Fsp3) is 0.278. The average Bonchev–Trinajstić information content (AvgIpc) is 2.61. The van der Waals surface area contributed by atoms with Gasteiger partial charge in [0.15, 0.2) is 0 Å². The smallest absolute Gasteiger partial charge is 0.269 e. The maximum Gasteiger partial charge on any atom is 0.269 e. The molecule has 0 saturated heterocycles. The number of carbonyl (C=O) groups excluding carboxylic acids is 1. The number of hydrogen-bond donors (Lipinski definition) is 0. The number of non-ortho nitro benzene ring substituents is 1. The molecule has 0 fully saturated rings. The van der Waals surface area contributed by atoms with Crippen LogP contribution in [0.1, 0.15) is 12.5 Å². The molecule has 138 valence electrons. The van der Waals surface area contributed by atoms with Gasteiger partial charge in [-0.15, -0.1) is 11.8 Å². The number of nitro groups is 1. The van der Waals surface area contributed by atoms with Crippen LogP contribution in [0.3, 0.4) is 0 Å². The molecule has 6 nitrogen and oxygen atoms in total. The van der Waals surface area contributed by atoms with E-state index < -0.39 is 4.92 Å². The number of methoxy groups -OCH3 is 1. The number of rotatable bonds is 7. The van der Waals surface area contributed by atoms with Gasteiger partial charge in [0.1, 0.15) is 5.75 Å². The van der Waals surface area contributed by atoms with Gasteiger partial charge in [-0.2, -0.15) is 0 Å². The number of nitrogens with zero attached hydrogens (tertiary/aromatic N) is 2. The molecule has 0 heterocycles. The molecule has 0 aromatic heterocycles. The Hall–Kier alpha value is -2.06. The van der Waals surface area contributed by atoms with E-state index in [0.29, 0.717) is 6.54 Å². The van der Waals surface area contributed by atoms with Crippen molar-refractivity contribution in [3.8, 4) is 5.75 Å². The standard InChI is InChI=1S/C18H19BrN2O4S/c1-12(26-16-7-5-15(6-8-16)21(23)24)18(22)20(2)11-13-10-14(19)4-9-17(13)25-3/h4-10,12H,11H2,1-3H3. The van der Waals surface area contributed by atoms with E-state index in [1.165, 1.54) is 23.9 Å². The molecule has 0 saturated carbocycles. The van der Waals surface area contributed by atoms with Crippen LogP contribution < -0.4 is 4.74 Å². The minimum Gasteiger partial charge on any atom is -0.496 e. The minimum absolute atomic E-state index is 0.0321. The monoisotopic (exact) mass is 438 g/mol.